The summed E-state index contributed by atoms with van der Waals surface area (Å²) in [6.07, 6.45) is 0.913. The van der Waals surface area contributed by atoms with Crippen LogP contribution >= 0.6 is 11.8 Å². The number of carbonyl (C=O) groups excluding carboxylic acids is 1. The van der Waals surface area contributed by atoms with E-state index in [1.807, 2.05) is 25.3 Å². The standard InChI is InChI=1S/C23H19F3N4OS/c1-14-8-15(2)21(32-13-23(24,25)26)10-20(14)28-22(31)16-5-6-19-17(9-16)12-30(29-19)18-4-3-7-27-11-18/h3-12H,13H2,1-2H3,(H,28,31). The lowest BCUT2D eigenvalue weighted by molar-refractivity contribution is -0.105. The van der Waals surface area contributed by atoms with Gasteiger partial charge in [0.05, 0.1) is 23.2 Å². The Hall–Kier alpha value is -3.33. The highest BCUT2D eigenvalue weighted by Crippen LogP contribution is 2.33. The zero-order valence-corrected chi connectivity index (χ0v) is 18.1. The van der Waals surface area contributed by atoms with Crippen molar-refractivity contribution in [1.29, 1.82) is 0 Å². The summed E-state index contributed by atoms with van der Waals surface area (Å²) in [5, 5.41) is 8.10. The van der Waals surface area contributed by atoms with E-state index in [0.29, 0.717) is 27.9 Å². The number of amides is 1. The molecule has 0 atom stereocenters. The molecule has 1 amide bonds. The van der Waals surface area contributed by atoms with E-state index in [1.165, 1.54) is 0 Å². The van der Waals surface area contributed by atoms with Crippen LogP contribution in [0.4, 0.5) is 18.9 Å². The normalized spacial score (nSPS) is 11.7. The minimum Gasteiger partial charge on any atom is -0.322 e. The molecule has 5 nitrogen and oxygen atoms in total. The average Bonchev–Trinajstić information content (AvgIpc) is 3.18. The molecule has 0 aliphatic rings. The number of anilines is 1. The number of hydrogen-bond donors (Lipinski definition) is 1. The van der Waals surface area contributed by atoms with Gasteiger partial charge < -0.3 is 5.32 Å². The summed E-state index contributed by atoms with van der Waals surface area (Å²) in [4.78, 5) is 17.4. The Balaban J connectivity index is 1.57. The summed E-state index contributed by atoms with van der Waals surface area (Å²) < 4.78 is 39.6. The maximum Gasteiger partial charge on any atom is 0.398 e. The van der Waals surface area contributed by atoms with Crippen molar-refractivity contribution in [3.05, 3.63) is 77.7 Å². The van der Waals surface area contributed by atoms with Crippen LogP contribution in [0.5, 0.6) is 0 Å². The van der Waals surface area contributed by atoms with Crippen molar-refractivity contribution in [2.24, 2.45) is 0 Å². The van der Waals surface area contributed by atoms with Crippen LogP contribution in [0.2, 0.25) is 0 Å². The van der Waals surface area contributed by atoms with Gasteiger partial charge in [0.2, 0.25) is 0 Å². The number of aryl methyl sites for hydroxylation is 2. The number of carbonyl (C=O) groups is 1. The number of halogens is 3. The molecule has 164 valence electrons. The van der Waals surface area contributed by atoms with Crippen molar-refractivity contribution in [3.8, 4) is 5.69 Å². The highest BCUT2D eigenvalue weighted by atomic mass is 32.2. The summed E-state index contributed by atoms with van der Waals surface area (Å²) in [5.41, 5.74) is 3.94. The van der Waals surface area contributed by atoms with Crippen molar-refractivity contribution >= 4 is 34.3 Å². The van der Waals surface area contributed by atoms with Gasteiger partial charge in [0, 0.05) is 33.9 Å². The average molecular weight is 456 g/mol. The molecule has 0 saturated heterocycles. The number of rotatable bonds is 5. The monoisotopic (exact) mass is 456 g/mol. The Morgan fingerprint density at radius 3 is 2.66 bits per heavy atom. The van der Waals surface area contributed by atoms with Gasteiger partial charge in [-0.2, -0.15) is 18.3 Å². The second kappa shape index (κ2) is 8.66. The Bertz CT molecular complexity index is 1290. The van der Waals surface area contributed by atoms with Gasteiger partial charge >= 0.3 is 6.18 Å². The zero-order chi connectivity index (χ0) is 22.9. The summed E-state index contributed by atoms with van der Waals surface area (Å²) in [6, 6.07) is 12.2. The SMILES string of the molecule is Cc1cc(C)c(SCC(F)(F)F)cc1NC(=O)c1ccc2nn(-c3cccnc3)cc2c1. The fraction of sp³-hybridized carbons (Fsp3) is 0.174. The molecule has 1 N–H and O–H groups in total. The molecule has 2 heterocycles. The van der Waals surface area contributed by atoms with Gasteiger partial charge in [-0.05, 0) is 61.4 Å². The number of alkyl halides is 3. The van der Waals surface area contributed by atoms with E-state index in [9.17, 15) is 18.0 Å². The maximum atomic E-state index is 12.9. The van der Waals surface area contributed by atoms with Crippen molar-refractivity contribution in [2.45, 2.75) is 24.9 Å². The lowest BCUT2D eigenvalue weighted by atomic mass is 10.1. The van der Waals surface area contributed by atoms with Gasteiger partial charge in [-0.1, -0.05) is 6.07 Å². The number of nitrogens with one attached hydrogen (secondary N) is 1. The van der Waals surface area contributed by atoms with Crippen molar-refractivity contribution in [3.63, 3.8) is 0 Å². The molecule has 0 bridgehead atoms. The van der Waals surface area contributed by atoms with Crippen LogP contribution in [0, 0.1) is 13.8 Å². The van der Waals surface area contributed by atoms with Gasteiger partial charge in [-0.15, -0.1) is 11.8 Å². The molecule has 2 aromatic heterocycles. The highest BCUT2D eigenvalue weighted by molar-refractivity contribution is 7.99. The molecule has 0 fully saturated rings. The maximum absolute atomic E-state index is 12.9. The molecule has 9 heteroatoms. The Morgan fingerprint density at radius 1 is 1.12 bits per heavy atom. The van der Waals surface area contributed by atoms with Crippen LogP contribution in [0.1, 0.15) is 21.5 Å². The third-order valence-corrected chi connectivity index (χ3v) is 6.06. The second-order valence-electron chi connectivity index (χ2n) is 7.35. The lowest BCUT2D eigenvalue weighted by Gasteiger charge is -2.14. The first-order valence-corrected chi connectivity index (χ1v) is 10.7. The largest absolute Gasteiger partial charge is 0.398 e. The molecular formula is C23H19F3N4OS. The molecule has 4 rings (SSSR count). The first kappa shape index (κ1) is 21.9. The molecular weight excluding hydrogens is 437 g/mol. The predicted molar refractivity (Wildman–Crippen MR) is 120 cm³/mol. The third-order valence-electron chi connectivity index (χ3n) is 4.84. The molecule has 0 aliphatic carbocycles. The molecule has 0 saturated carbocycles. The highest BCUT2D eigenvalue weighted by Gasteiger charge is 2.27. The van der Waals surface area contributed by atoms with Crippen molar-refractivity contribution in [1.82, 2.24) is 14.8 Å². The van der Waals surface area contributed by atoms with Crippen LogP contribution in [-0.4, -0.2) is 32.6 Å². The smallest absolute Gasteiger partial charge is 0.322 e. The number of aromatic nitrogens is 3. The Morgan fingerprint density at radius 2 is 1.94 bits per heavy atom. The Labute approximate surface area is 186 Å². The Kier molecular flexibility index (Phi) is 5.92. The van der Waals surface area contributed by atoms with Gasteiger partial charge in [0.1, 0.15) is 0 Å². The number of fused-ring (bicyclic) bond motifs is 1. The van der Waals surface area contributed by atoms with Crippen LogP contribution < -0.4 is 5.32 Å². The second-order valence-corrected chi connectivity index (χ2v) is 8.37. The molecule has 0 radical (unpaired) electrons. The summed E-state index contributed by atoms with van der Waals surface area (Å²) >= 11 is 0.710. The molecule has 0 aliphatic heterocycles. The van der Waals surface area contributed by atoms with Gasteiger partial charge in [-0.25, -0.2) is 4.68 Å². The number of benzene rings is 2. The van der Waals surface area contributed by atoms with Gasteiger partial charge in [0.15, 0.2) is 0 Å². The molecule has 0 unspecified atom stereocenters. The number of hydrogen-bond acceptors (Lipinski definition) is 4. The van der Waals surface area contributed by atoms with Gasteiger partial charge in [0.25, 0.3) is 5.91 Å². The van der Waals surface area contributed by atoms with E-state index in [4.69, 9.17) is 0 Å². The summed E-state index contributed by atoms with van der Waals surface area (Å²) in [5.74, 6) is -1.33. The first-order valence-electron chi connectivity index (χ1n) is 9.71. The van der Waals surface area contributed by atoms with Crippen LogP contribution in [-0.2, 0) is 0 Å². The minimum atomic E-state index is -4.26. The van der Waals surface area contributed by atoms with E-state index < -0.39 is 11.9 Å². The van der Waals surface area contributed by atoms with E-state index in [2.05, 4.69) is 15.4 Å². The van der Waals surface area contributed by atoms with Crippen LogP contribution in [0.15, 0.2) is 66.0 Å². The molecule has 32 heavy (non-hydrogen) atoms. The lowest BCUT2D eigenvalue weighted by Crippen LogP contribution is -2.13. The van der Waals surface area contributed by atoms with E-state index in [-0.39, 0.29) is 5.91 Å². The van der Waals surface area contributed by atoms with E-state index >= 15 is 0 Å². The van der Waals surface area contributed by atoms with Crippen molar-refractivity contribution < 1.29 is 18.0 Å². The van der Waals surface area contributed by atoms with Gasteiger partial charge in [-0.3, -0.25) is 9.78 Å². The quantitative estimate of drug-likeness (QED) is 0.378. The van der Waals surface area contributed by atoms with E-state index in [0.717, 1.165) is 27.7 Å². The molecule has 2 aromatic carbocycles. The predicted octanol–water partition coefficient (Wildman–Crippen LogP) is 5.94. The summed E-state index contributed by atoms with van der Waals surface area (Å²) in [6.45, 7) is 3.56. The van der Waals surface area contributed by atoms with E-state index in [1.54, 1.807) is 54.3 Å². The minimum absolute atomic E-state index is 0.347. The zero-order valence-electron chi connectivity index (χ0n) is 17.3. The topological polar surface area (TPSA) is 59.8 Å². The third kappa shape index (κ3) is 4.94. The number of nitrogens with zero attached hydrogens (tertiary/aromatic N) is 3. The first-order chi connectivity index (χ1) is 15.2. The summed E-state index contributed by atoms with van der Waals surface area (Å²) in [7, 11) is 0. The number of pyridine rings is 1. The number of thioether (sulfide) groups is 1. The fourth-order valence-corrected chi connectivity index (χ4v) is 4.07. The molecule has 0 spiro atoms. The van der Waals surface area contributed by atoms with Crippen molar-refractivity contribution in [2.75, 3.05) is 11.1 Å². The molecule has 4 aromatic rings. The van der Waals surface area contributed by atoms with Crippen LogP contribution in [0.3, 0.4) is 0 Å². The van der Waals surface area contributed by atoms with Crippen LogP contribution in [0.25, 0.3) is 16.6 Å². The fourth-order valence-electron chi connectivity index (χ4n) is 3.27.